The molecule has 4 atom stereocenters. The summed E-state index contributed by atoms with van der Waals surface area (Å²) in [6.07, 6.45) is 3.40. The van der Waals surface area contributed by atoms with Crippen molar-refractivity contribution >= 4 is 115 Å². The number of anilines is 2. The molecule has 2 unspecified atom stereocenters. The number of carbonyl (C=O) groups excluding carboxylic acids is 5. The van der Waals surface area contributed by atoms with Crippen LogP contribution in [0.3, 0.4) is 0 Å². The number of thiazole rings is 2. The number of nitrogens with two attached hydrogens (primary N) is 1. The molecule has 69 heavy (non-hydrogen) atoms. The lowest BCUT2D eigenvalue weighted by molar-refractivity contribution is -0.689. The van der Waals surface area contributed by atoms with Crippen LogP contribution in [0, 0.1) is 0 Å². The van der Waals surface area contributed by atoms with E-state index in [1.807, 2.05) is 0 Å². The van der Waals surface area contributed by atoms with Crippen LogP contribution in [0.25, 0.3) is 0 Å². The van der Waals surface area contributed by atoms with Gasteiger partial charge in [-0.05, 0) is 27.7 Å². The monoisotopic (exact) mass is 1030 g/mol. The lowest BCUT2D eigenvalue weighted by atomic mass is 10.1. The van der Waals surface area contributed by atoms with Crippen molar-refractivity contribution in [3.8, 4) is 0 Å². The number of carboxylic acid groups (broad SMARTS) is 4. The van der Waals surface area contributed by atoms with Gasteiger partial charge in [0.25, 0.3) is 17.7 Å². The van der Waals surface area contributed by atoms with Gasteiger partial charge in [-0.2, -0.15) is 0 Å². The SMILES string of the molecule is CC(C)(O/N=C(\C(=O)NC(C(=O)Nc1nc(/C(=N/OC(C)(C)C(=O)O)C(=O)N[C@H](C(=O)O)[C@@H]2NC(C(=O)[O-])=C(C[n+]3ccccc3)CS2)cs1)C1NC2=C(COC2=O)CS1)c1csc(N)n1)C(=O)O. The fourth-order valence-corrected chi connectivity index (χ4v) is 9.51. The van der Waals surface area contributed by atoms with Crippen LogP contribution >= 0.6 is 46.2 Å². The molecule has 0 aliphatic carbocycles. The largest absolute Gasteiger partial charge is 0.543 e. The van der Waals surface area contributed by atoms with Gasteiger partial charge in [0.15, 0.2) is 46.7 Å². The molecule has 6 heterocycles. The number of aromatic nitrogens is 3. The quantitative estimate of drug-likeness (QED) is 0.0260. The number of esters is 1. The van der Waals surface area contributed by atoms with Crippen LogP contribution in [-0.2, 0) is 59.3 Å². The van der Waals surface area contributed by atoms with Gasteiger partial charge in [-0.1, -0.05) is 16.4 Å². The highest BCUT2D eigenvalue weighted by atomic mass is 32.2. The zero-order valence-corrected chi connectivity index (χ0v) is 39.6. The number of hydrogen-bond acceptors (Lipinski definition) is 23. The second kappa shape index (κ2) is 21.3. The number of carboxylic acids is 4. The van der Waals surface area contributed by atoms with E-state index in [1.54, 1.807) is 35.2 Å². The van der Waals surface area contributed by atoms with Crippen LogP contribution in [0.4, 0.5) is 10.3 Å². The number of carbonyl (C=O) groups is 8. The number of ether oxygens (including phenoxy) is 1. The minimum atomic E-state index is -2.05. The lowest BCUT2D eigenvalue weighted by Gasteiger charge is -2.32. The average molecular weight is 1030 g/mol. The zero-order chi connectivity index (χ0) is 50.4. The normalized spacial score (nSPS) is 18.3. The smallest absolute Gasteiger partial charge is 0.354 e. The van der Waals surface area contributed by atoms with Gasteiger partial charge >= 0.3 is 23.9 Å². The Morgan fingerprint density at radius 1 is 0.870 bits per heavy atom. The first-order valence-electron chi connectivity index (χ1n) is 19.9. The Labute approximate surface area is 405 Å². The van der Waals surface area contributed by atoms with Crippen LogP contribution in [-0.4, -0.2) is 136 Å². The fourth-order valence-electron chi connectivity index (χ4n) is 5.88. The summed E-state index contributed by atoms with van der Waals surface area (Å²) in [5, 5.41) is 62.1. The Balaban J connectivity index is 1.28. The molecule has 3 aromatic heterocycles. The summed E-state index contributed by atoms with van der Waals surface area (Å²) >= 11 is 3.70. The van der Waals surface area contributed by atoms with E-state index in [0.717, 1.165) is 48.7 Å². The lowest BCUT2D eigenvalue weighted by Crippen LogP contribution is -2.57. The van der Waals surface area contributed by atoms with Crippen molar-refractivity contribution in [2.75, 3.05) is 29.2 Å². The zero-order valence-electron chi connectivity index (χ0n) is 36.4. The van der Waals surface area contributed by atoms with E-state index in [2.05, 4.69) is 46.9 Å². The summed E-state index contributed by atoms with van der Waals surface area (Å²) in [7, 11) is 0. The summed E-state index contributed by atoms with van der Waals surface area (Å²) in [6.45, 7) is 4.66. The van der Waals surface area contributed by atoms with Crippen LogP contribution in [0.5, 0.6) is 0 Å². The Morgan fingerprint density at radius 2 is 1.43 bits per heavy atom. The molecule has 0 saturated heterocycles. The third-order valence-electron chi connectivity index (χ3n) is 9.75. The number of pyridine rings is 1. The molecule has 3 aliphatic heterocycles. The van der Waals surface area contributed by atoms with Crippen molar-refractivity contribution in [1.29, 1.82) is 0 Å². The highest BCUT2D eigenvalue weighted by molar-refractivity contribution is 8.00. The van der Waals surface area contributed by atoms with E-state index in [0.29, 0.717) is 22.5 Å². The first kappa shape index (κ1) is 51.1. The van der Waals surface area contributed by atoms with Crippen molar-refractivity contribution in [3.63, 3.8) is 0 Å². The summed E-state index contributed by atoms with van der Waals surface area (Å²) in [6, 6.07) is 1.75. The molecule has 0 radical (unpaired) electrons. The summed E-state index contributed by atoms with van der Waals surface area (Å²) in [5.74, 6) is -10.0. The second-order valence-corrected chi connectivity index (χ2v) is 19.7. The van der Waals surface area contributed by atoms with E-state index < -0.39 is 93.0 Å². The first-order valence-corrected chi connectivity index (χ1v) is 23.7. The molecular formula is C39H41N11O15S4. The van der Waals surface area contributed by atoms with Gasteiger partial charge in [-0.3, -0.25) is 14.4 Å². The van der Waals surface area contributed by atoms with Gasteiger partial charge in [0.1, 0.15) is 40.5 Å². The third-order valence-corrected chi connectivity index (χ3v) is 13.7. The Bertz CT molecular complexity index is 2700. The molecule has 6 rings (SSSR count). The van der Waals surface area contributed by atoms with Gasteiger partial charge < -0.3 is 72.0 Å². The molecule has 3 aliphatic rings. The number of oxime groups is 2. The molecule has 366 valence electrons. The van der Waals surface area contributed by atoms with Crippen molar-refractivity contribution in [2.24, 2.45) is 10.3 Å². The average Bonchev–Trinajstić information content (AvgIpc) is 4.04. The molecule has 30 heteroatoms. The molecule has 0 fully saturated rings. The van der Waals surface area contributed by atoms with Crippen LogP contribution in [0.1, 0.15) is 39.1 Å². The topological polar surface area (TPSA) is 389 Å². The second-order valence-electron chi connectivity index (χ2n) is 15.7. The highest BCUT2D eigenvalue weighted by Gasteiger charge is 2.41. The summed E-state index contributed by atoms with van der Waals surface area (Å²) < 4.78 is 6.81. The molecule has 10 N–H and O–H groups in total. The maximum Gasteiger partial charge on any atom is 0.354 e. The predicted octanol–water partition coefficient (Wildman–Crippen LogP) is -1.83. The van der Waals surface area contributed by atoms with Crippen LogP contribution in [0.15, 0.2) is 74.2 Å². The highest BCUT2D eigenvalue weighted by Crippen LogP contribution is 2.30. The van der Waals surface area contributed by atoms with Crippen molar-refractivity contribution < 1.29 is 77.8 Å². The van der Waals surface area contributed by atoms with E-state index in [1.165, 1.54) is 24.6 Å². The molecule has 3 aromatic rings. The predicted molar refractivity (Wildman–Crippen MR) is 243 cm³/mol. The molecule has 0 aromatic carbocycles. The van der Waals surface area contributed by atoms with E-state index in [9.17, 15) is 58.8 Å². The molecule has 0 bridgehead atoms. The minimum absolute atomic E-state index is 0.00604. The fraction of sp³-hybridized carbons (Fsp3) is 0.359. The Kier molecular flexibility index (Phi) is 15.8. The number of hydrogen-bond donors (Lipinski definition) is 9. The van der Waals surface area contributed by atoms with Crippen LogP contribution < -0.4 is 42.0 Å². The third kappa shape index (κ3) is 12.4. The van der Waals surface area contributed by atoms with Gasteiger partial charge in [0, 0.05) is 45.5 Å². The Hall–Kier alpha value is -7.31. The van der Waals surface area contributed by atoms with E-state index in [4.69, 9.17) is 20.1 Å². The number of nitrogen functional groups attached to an aromatic ring is 1. The standard InChI is InChI=1S/C39H41N11O15S4/c1-38(2,34(59)60)64-48-22(18-14-68-36(40)41-18)26(51)43-24(29-46-21-17(13-67-29)11-63-33(21)58)28(53)47-37-42-19(15-69-37)23(49-65-39(3,4)35(61)62)27(52)44-25(32(56)57)30-45-20(31(54)55)16(12-66-30)10-50-8-6-5-7-9-50/h5-9,14-15,24-25,29-30,45-46H,10-13H2,1-4H3,(H8-,40,41,42,43,44,47,51,52,53,54,55,56,57,59,60,61,62)/b48-22-,49-23-/t24?,25-,29?,30+/m0/s1. The van der Waals surface area contributed by atoms with Gasteiger partial charge in [0.05, 0.1) is 11.7 Å². The molecular weight excluding hydrogens is 991 g/mol. The van der Waals surface area contributed by atoms with E-state index >= 15 is 0 Å². The molecule has 0 saturated carbocycles. The maximum absolute atomic E-state index is 14.3. The minimum Gasteiger partial charge on any atom is -0.543 e. The maximum atomic E-state index is 14.3. The molecule has 3 amide bonds. The molecule has 26 nitrogen and oxygen atoms in total. The number of cyclic esters (lactones) is 1. The van der Waals surface area contributed by atoms with Crippen molar-refractivity contribution in [1.82, 2.24) is 31.2 Å². The summed E-state index contributed by atoms with van der Waals surface area (Å²) in [4.78, 5) is 122. The first-order chi connectivity index (χ1) is 32.5. The van der Waals surface area contributed by atoms with Gasteiger partial charge in [-0.15, -0.1) is 46.2 Å². The number of nitrogens with zero attached hydrogens (tertiary/aromatic N) is 5. The number of nitrogens with one attached hydrogen (secondary N) is 5. The van der Waals surface area contributed by atoms with Crippen LogP contribution in [0.2, 0.25) is 0 Å². The van der Waals surface area contributed by atoms with Crippen molar-refractivity contribution in [3.05, 3.63) is 75.3 Å². The van der Waals surface area contributed by atoms with Gasteiger partial charge in [-0.25, -0.2) is 33.7 Å². The molecule has 0 spiro atoms. The summed E-state index contributed by atoms with van der Waals surface area (Å²) in [5.41, 5.74) is 0.574. The van der Waals surface area contributed by atoms with Gasteiger partial charge in [0.2, 0.25) is 11.2 Å². The number of thioether (sulfide) groups is 2. The Morgan fingerprint density at radius 3 is 2.00 bits per heavy atom. The van der Waals surface area contributed by atoms with Crippen molar-refractivity contribution in [2.45, 2.75) is 68.3 Å². The number of amides is 3. The number of aliphatic carboxylic acids is 4. The van der Waals surface area contributed by atoms with E-state index in [-0.39, 0.29) is 57.7 Å². The number of rotatable bonds is 20.